The molecule has 0 unspecified atom stereocenters. The number of hydrogen-bond acceptors (Lipinski definition) is 6. The van der Waals surface area contributed by atoms with Crippen molar-refractivity contribution < 1.29 is 19.8 Å². The molecule has 0 aliphatic rings. The zero-order valence-electron chi connectivity index (χ0n) is 17.1. The number of phenolic OH excluding ortho intramolecular Hbond substituents is 2. The fourth-order valence-electron chi connectivity index (χ4n) is 2.51. The van der Waals surface area contributed by atoms with Crippen LogP contribution in [0.25, 0.3) is 0 Å². The van der Waals surface area contributed by atoms with Crippen LogP contribution in [0.15, 0.2) is 58.7 Å². The fraction of sp³-hybridized carbons (Fsp3) is 0.273. The molecule has 0 radical (unpaired) electrons. The lowest BCUT2D eigenvalue weighted by atomic mass is 10.1. The summed E-state index contributed by atoms with van der Waals surface area (Å²) in [4.78, 5) is 23.8. The Labute approximate surface area is 175 Å². The first kappa shape index (κ1) is 22.6. The number of benzene rings is 2. The summed E-state index contributed by atoms with van der Waals surface area (Å²) in [6.07, 6.45) is 1.62. The predicted molar refractivity (Wildman–Crippen MR) is 115 cm³/mol. The Morgan fingerprint density at radius 2 is 1.03 bits per heavy atom. The predicted octanol–water partition coefficient (Wildman–Crippen LogP) is 3.04. The molecular formula is C22H26N4O4. The van der Waals surface area contributed by atoms with Gasteiger partial charge in [0.2, 0.25) is 11.8 Å². The first-order valence-corrected chi connectivity index (χ1v) is 9.60. The quantitative estimate of drug-likeness (QED) is 0.288. The molecule has 8 heteroatoms. The molecule has 0 atom stereocenters. The molecule has 4 N–H and O–H groups in total. The third kappa shape index (κ3) is 7.75. The number of nitrogens with zero attached hydrogens (tertiary/aromatic N) is 2. The minimum absolute atomic E-state index is 0.167. The van der Waals surface area contributed by atoms with Crippen LogP contribution in [0.4, 0.5) is 0 Å². The Morgan fingerprint density at radius 3 is 1.37 bits per heavy atom. The third-order valence-electron chi connectivity index (χ3n) is 4.32. The second-order valence-corrected chi connectivity index (χ2v) is 6.77. The molecule has 0 spiro atoms. The molecule has 2 rings (SSSR count). The van der Waals surface area contributed by atoms with Crippen LogP contribution in [0.5, 0.6) is 11.5 Å². The average molecular weight is 410 g/mol. The van der Waals surface area contributed by atoms with E-state index in [4.69, 9.17) is 0 Å². The maximum Gasteiger partial charge on any atom is 0.240 e. The van der Waals surface area contributed by atoms with Crippen LogP contribution >= 0.6 is 0 Å². The number of nitrogens with one attached hydrogen (secondary N) is 2. The number of amides is 2. The zero-order chi connectivity index (χ0) is 21.9. The van der Waals surface area contributed by atoms with Crippen molar-refractivity contribution in [3.8, 4) is 11.5 Å². The zero-order valence-corrected chi connectivity index (χ0v) is 17.1. The number of aromatic hydroxyl groups is 2. The van der Waals surface area contributed by atoms with Gasteiger partial charge in [-0.3, -0.25) is 9.59 Å². The lowest BCUT2D eigenvalue weighted by molar-refractivity contribution is -0.123. The molecule has 0 aliphatic carbocycles. The Morgan fingerprint density at radius 1 is 0.700 bits per heavy atom. The molecule has 0 aromatic heterocycles. The molecule has 0 heterocycles. The molecule has 0 bridgehead atoms. The molecule has 0 fully saturated rings. The highest BCUT2D eigenvalue weighted by molar-refractivity contribution is 5.99. The summed E-state index contributed by atoms with van der Waals surface area (Å²) in [7, 11) is 0. The number of hydrazone groups is 2. The van der Waals surface area contributed by atoms with Crippen molar-refractivity contribution in [2.24, 2.45) is 10.2 Å². The van der Waals surface area contributed by atoms with Gasteiger partial charge in [0.15, 0.2) is 0 Å². The van der Waals surface area contributed by atoms with Gasteiger partial charge in [-0.25, -0.2) is 10.9 Å². The average Bonchev–Trinajstić information content (AvgIpc) is 2.74. The summed E-state index contributed by atoms with van der Waals surface area (Å²) in [5.41, 5.74) is 7.84. The maximum absolute atomic E-state index is 11.9. The van der Waals surface area contributed by atoms with Crippen LogP contribution in [0.1, 0.15) is 50.7 Å². The summed E-state index contributed by atoms with van der Waals surface area (Å²) < 4.78 is 0. The van der Waals surface area contributed by atoms with Crippen molar-refractivity contribution in [2.45, 2.75) is 39.5 Å². The van der Waals surface area contributed by atoms with Crippen LogP contribution in [-0.4, -0.2) is 33.5 Å². The number of unbranched alkanes of at least 4 members (excludes halogenated alkanes) is 1. The third-order valence-corrected chi connectivity index (χ3v) is 4.32. The summed E-state index contributed by atoms with van der Waals surface area (Å²) in [5.74, 6) is -0.119. The maximum atomic E-state index is 11.9. The smallest absolute Gasteiger partial charge is 0.240 e. The van der Waals surface area contributed by atoms with Crippen molar-refractivity contribution in [3.63, 3.8) is 0 Å². The summed E-state index contributed by atoms with van der Waals surface area (Å²) in [5, 5.41) is 26.7. The second kappa shape index (κ2) is 11.4. The summed E-state index contributed by atoms with van der Waals surface area (Å²) in [6, 6.07) is 13.1. The van der Waals surface area contributed by atoms with Gasteiger partial charge >= 0.3 is 0 Å². The monoisotopic (exact) mass is 410 g/mol. The molecular weight excluding hydrogens is 384 g/mol. The molecule has 158 valence electrons. The normalized spacial score (nSPS) is 11.8. The van der Waals surface area contributed by atoms with Crippen molar-refractivity contribution in [1.82, 2.24) is 10.9 Å². The second-order valence-electron chi connectivity index (χ2n) is 6.77. The Bertz CT molecular complexity index is 842. The van der Waals surface area contributed by atoms with Crippen molar-refractivity contribution in [2.75, 3.05) is 0 Å². The number of hydrogen-bond donors (Lipinski definition) is 4. The molecule has 0 saturated carbocycles. The van der Waals surface area contributed by atoms with Gasteiger partial charge in [0.25, 0.3) is 0 Å². The lowest BCUT2D eigenvalue weighted by Crippen LogP contribution is -2.20. The van der Waals surface area contributed by atoms with E-state index in [1.807, 2.05) is 0 Å². The number of carbonyl (C=O) groups excluding carboxylic acids is 2. The highest BCUT2D eigenvalue weighted by atomic mass is 16.3. The molecule has 8 nitrogen and oxygen atoms in total. The van der Waals surface area contributed by atoms with Crippen molar-refractivity contribution >= 4 is 23.2 Å². The molecule has 2 aromatic rings. The minimum atomic E-state index is -0.227. The first-order chi connectivity index (χ1) is 14.3. The number of carbonyl (C=O) groups is 2. The molecule has 30 heavy (non-hydrogen) atoms. The van der Waals surface area contributed by atoms with Gasteiger partial charge in [-0.2, -0.15) is 10.2 Å². The van der Waals surface area contributed by atoms with Crippen LogP contribution in [0.2, 0.25) is 0 Å². The van der Waals surface area contributed by atoms with E-state index in [0.717, 1.165) is 11.1 Å². The van der Waals surface area contributed by atoms with E-state index >= 15 is 0 Å². The summed E-state index contributed by atoms with van der Waals surface area (Å²) >= 11 is 0. The first-order valence-electron chi connectivity index (χ1n) is 9.60. The van der Waals surface area contributed by atoms with Crippen molar-refractivity contribution in [3.05, 3.63) is 59.7 Å². The SMILES string of the molecule is CC(=NNC(=O)CCCCC(=O)NN=C(C)c1ccc(O)cc1)c1ccc(O)cc1. The number of phenols is 2. The van der Waals surface area contributed by atoms with Gasteiger partial charge in [-0.1, -0.05) is 0 Å². The Kier molecular flexibility index (Phi) is 8.56. The van der Waals surface area contributed by atoms with E-state index in [9.17, 15) is 19.8 Å². The van der Waals surface area contributed by atoms with Crippen LogP contribution in [0.3, 0.4) is 0 Å². The van der Waals surface area contributed by atoms with Crippen LogP contribution < -0.4 is 10.9 Å². The van der Waals surface area contributed by atoms with Gasteiger partial charge in [0.05, 0.1) is 11.4 Å². The van der Waals surface area contributed by atoms with E-state index in [1.54, 1.807) is 62.4 Å². The van der Waals surface area contributed by atoms with Crippen LogP contribution in [-0.2, 0) is 9.59 Å². The van der Waals surface area contributed by atoms with Crippen molar-refractivity contribution in [1.29, 1.82) is 0 Å². The largest absolute Gasteiger partial charge is 0.508 e. The van der Waals surface area contributed by atoms with Gasteiger partial charge in [-0.15, -0.1) is 0 Å². The van der Waals surface area contributed by atoms with E-state index in [2.05, 4.69) is 21.1 Å². The van der Waals surface area contributed by atoms with Gasteiger partial charge < -0.3 is 10.2 Å². The summed E-state index contributed by atoms with van der Waals surface area (Å²) in [6.45, 7) is 3.52. The van der Waals surface area contributed by atoms with Gasteiger partial charge in [-0.05, 0) is 86.3 Å². The van der Waals surface area contributed by atoms with Crippen LogP contribution in [0, 0.1) is 0 Å². The topological polar surface area (TPSA) is 123 Å². The van der Waals surface area contributed by atoms with E-state index < -0.39 is 0 Å². The highest BCUT2D eigenvalue weighted by Gasteiger charge is 2.05. The Balaban J connectivity index is 1.66. The standard InChI is InChI=1S/C22H26N4O4/c1-15(17-7-11-19(27)12-8-17)23-25-21(29)5-3-4-6-22(30)26-24-16(2)18-9-13-20(28)14-10-18/h7-14,27-28H,3-6H2,1-2H3,(H,25,29)(H,26,30). The van der Waals surface area contributed by atoms with E-state index in [1.165, 1.54) is 0 Å². The minimum Gasteiger partial charge on any atom is -0.508 e. The lowest BCUT2D eigenvalue weighted by Gasteiger charge is -2.04. The fourth-order valence-corrected chi connectivity index (χ4v) is 2.51. The molecule has 0 saturated heterocycles. The number of rotatable bonds is 9. The van der Waals surface area contributed by atoms with Gasteiger partial charge in [0.1, 0.15) is 11.5 Å². The van der Waals surface area contributed by atoms with E-state index in [-0.39, 0.29) is 36.2 Å². The van der Waals surface area contributed by atoms with E-state index in [0.29, 0.717) is 24.3 Å². The molecule has 2 amide bonds. The van der Waals surface area contributed by atoms with Gasteiger partial charge in [0, 0.05) is 12.8 Å². The molecule has 2 aromatic carbocycles. The Hall–Kier alpha value is -3.68. The molecule has 0 aliphatic heterocycles. The highest BCUT2D eigenvalue weighted by Crippen LogP contribution is 2.11.